The number of rotatable bonds is 7. The lowest BCUT2D eigenvalue weighted by Gasteiger charge is -2.14. The SMILES string of the molecule is C=CCOc1ccc(/C=C2/NC(=S)N(c3ccc(OC)cc3)C2=O)cc1OC. The smallest absolute Gasteiger partial charge is 0.281 e. The molecule has 1 N–H and O–H groups in total. The molecule has 0 spiro atoms. The van der Waals surface area contributed by atoms with Crippen molar-refractivity contribution in [3.05, 3.63) is 66.4 Å². The highest BCUT2D eigenvalue weighted by atomic mass is 32.1. The third kappa shape index (κ3) is 3.99. The van der Waals surface area contributed by atoms with E-state index >= 15 is 0 Å². The molecular weight excluding hydrogens is 376 g/mol. The summed E-state index contributed by atoms with van der Waals surface area (Å²) in [5.74, 6) is 1.64. The largest absolute Gasteiger partial charge is 0.497 e. The first-order valence-electron chi connectivity index (χ1n) is 8.50. The third-order valence-corrected chi connectivity index (χ3v) is 4.35. The van der Waals surface area contributed by atoms with Gasteiger partial charge in [-0.25, -0.2) is 0 Å². The van der Waals surface area contributed by atoms with E-state index in [0.29, 0.717) is 40.4 Å². The second-order valence-electron chi connectivity index (χ2n) is 5.84. The van der Waals surface area contributed by atoms with E-state index in [1.54, 1.807) is 62.8 Å². The molecule has 0 radical (unpaired) electrons. The number of carbonyl (C=O) groups is 1. The molecule has 3 rings (SSSR count). The number of anilines is 1. The quantitative estimate of drug-likeness (QED) is 0.439. The Morgan fingerprint density at radius 2 is 1.86 bits per heavy atom. The number of hydrogen-bond donors (Lipinski definition) is 1. The molecule has 1 heterocycles. The summed E-state index contributed by atoms with van der Waals surface area (Å²) >= 11 is 5.34. The van der Waals surface area contributed by atoms with Crippen molar-refractivity contribution in [2.75, 3.05) is 25.7 Å². The topological polar surface area (TPSA) is 60.0 Å². The second kappa shape index (κ2) is 8.58. The van der Waals surface area contributed by atoms with E-state index < -0.39 is 0 Å². The maximum Gasteiger partial charge on any atom is 0.281 e. The number of nitrogens with zero attached hydrogens (tertiary/aromatic N) is 1. The van der Waals surface area contributed by atoms with Gasteiger partial charge in [-0.1, -0.05) is 18.7 Å². The van der Waals surface area contributed by atoms with Gasteiger partial charge in [0.25, 0.3) is 5.91 Å². The summed E-state index contributed by atoms with van der Waals surface area (Å²) in [7, 11) is 3.15. The lowest BCUT2D eigenvalue weighted by Crippen LogP contribution is -2.30. The molecule has 0 aromatic heterocycles. The molecule has 2 aromatic carbocycles. The lowest BCUT2D eigenvalue weighted by atomic mass is 10.1. The van der Waals surface area contributed by atoms with E-state index in [1.807, 2.05) is 6.07 Å². The summed E-state index contributed by atoms with van der Waals surface area (Å²) in [6.07, 6.45) is 3.38. The van der Waals surface area contributed by atoms with Gasteiger partial charge in [0, 0.05) is 0 Å². The number of thiocarbonyl (C=S) groups is 1. The van der Waals surface area contributed by atoms with Gasteiger partial charge >= 0.3 is 0 Å². The standard InChI is InChI=1S/C21H20N2O4S/c1-4-11-27-18-10-5-14(13-19(18)26-3)12-17-20(24)23(21(28)22-17)15-6-8-16(25-2)9-7-15/h4-10,12-13H,1,11H2,2-3H3,(H,22,28)/b17-12+. The Morgan fingerprint density at radius 1 is 1.11 bits per heavy atom. The van der Waals surface area contributed by atoms with Gasteiger partial charge in [0.15, 0.2) is 16.6 Å². The first-order chi connectivity index (χ1) is 13.6. The van der Waals surface area contributed by atoms with Crippen LogP contribution in [0, 0.1) is 0 Å². The van der Waals surface area contributed by atoms with Gasteiger partial charge in [-0.3, -0.25) is 9.69 Å². The Kier molecular flexibility index (Phi) is 5.96. The fraction of sp³-hybridized carbons (Fsp3) is 0.143. The number of amides is 1. The number of methoxy groups -OCH3 is 2. The molecule has 0 unspecified atom stereocenters. The van der Waals surface area contributed by atoms with Gasteiger partial charge in [-0.05, 0) is 60.3 Å². The molecule has 1 fully saturated rings. The van der Waals surface area contributed by atoms with Crippen molar-refractivity contribution in [3.63, 3.8) is 0 Å². The summed E-state index contributed by atoms with van der Waals surface area (Å²) < 4.78 is 16.1. The van der Waals surface area contributed by atoms with E-state index in [2.05, 4.69) is 11.9 Å². The van der Waals surface area contributed by atoms with Crippen molar-refractivity contribution in [1.82, 2.24) is 5.32 Å². The normalized spacial score (nSPS) is 14.8. The predicted molar refractivity (Wildman–Crippen MR) is 113 cm³/mol. The van der Waals surface area contributed by atoms with Crippen LogP contribution in [0.25, 0.3) is 6.08 Å². The summed E-state index contributed by atoms with van der Waals surface area (Å²) in [5, 5.41) is 3.29. The van der Waals surface area contributed by atoms with Gasteiger partial charge in [-0.2, -0.15) is 0 Å². The van der Waals surface area contributed by atoms with Gasteiger partial charge in [0.05, 0.1) is 19.9 Å². The Morgan fingerprint density at radius 3 is 2.50 bits per heavy atom. The van der Waals surface area contributed by atoms with Crippen LogP contribution >= 0.6 is 12.2 Å². The molecule has 1 aliphatic heterocycles. The Bertz CT molecular complexity index is 938. The van der Waals surface area contributed by atoms with E-state index in [0.717, 1.165) is 5.56 Å². The summed E-state index contributed by atoms with van der Waals surface area (Å²) in [6, 6.07) is 12.5. The molecule has 6 nitrogen and oxygen atoms in total. The van der Waals surface area contributed by atoms with Crippen LogP contribution in [0.15, 0.2) is 60.8 Å². The van der Waals surface area contributed by atoms with Crippen LogP contribution in [0.5, 0.6) is 17.2 Å². The zero-order chi connectivity index (χ0) is 20.1. The Balaban J connectivity index is 1.85. The van der Waals surface area contributed by atoms with Gasteiger partial charge < -0.3 is 19.5 Å². The Hall–Kier alpha value is -3.32. The summed E-state index contributed by atoms with van der Waals surface area (Å²) in [4.78, 5) is 14.3. The van der Waals surface area contributed by atoms with Crippen LogP contribution in [0.3, 0.4) is 0 Å². The molecule has 7 heteroatoms. The number of ether oxygens (including phenoxy) is 3. The average molecular weight is 396 g/mol. The van der Waals surface area contributed by atoms with Gasteiger partial charge in [0.2, 0.25) is 0 Å². The zero-order valence-electron chi connectivity index (χ0n) is 15.6. The van der Waals surface area contributed by atoms with Crippen LogP contribution in [0.2, 0.25) is 0 Å². The maximum absolute atomic E-state index is 12.8. The molecular formula is C21H20N2O4S. The lowest BCUT2D eigenvalue weighted by molar-refractivity contribution is -0.113. The maximum atomic E-state index is 12.8. The van der Waals surface area contributed by atoms with Crippen LogP contribution in [0.4, 0.5) is 5.69 Å². The van der Waals surface area contributed by atoms with Crippen molar-refractivity contribution in [3.8, 4) is 17.2 Å². The van der Waals surface area contributed by atoms with Crippen LogP contribution in [-0.2, 0) is 4.79 Å². The minimum atomic E-state index is -0.235. The fourth-order valence-electron chi connectivity index (χ4n) is 2.71. The Labute approximate surface area is 169 Å². The molecule has 1 aliphatic rings. The van der Waals surface area contributed by atoms with Crippen molar-refractivity contribution >= 4 is 35.0 Å². The fourth-order valence-corrected chi connectivity index (χ4v) is 3.01. The minimum Gasteiger partial charge on any atom is -0.497 e. The van der Waals surface area contributed by atoms with E-state index in [9.17, 15) is 4.79 Å². The molecule has 0 saturated carbocycles. The summed E-state index contributed by atoms with van der Waals surface area (Å²) in [5.41, 5.74) is 1.82. The molecule has 0 bridgehead atoms. The summed E-state index contributed by atoms with van der Waals surface area (Å²) in [6.45, 7) is 4.01. The van der Waals surface area contributed by atoms with E-state index in [1.165, 1.54) is 4.90 Å². The van der Waals surface area contributed by atoms with Gasteiger partial charge in [0.1, 0.15) is 18.1 Å². The van der Waals surface area contributed by atoms with Crippen LogP contribution in [-0.4, -0.2) is 31.8 Å². The number of hydrogen-bond acceptors (Lipinski definition) is 5. The van der Waals surface area contributed by atoms with Crippen LogP contribution < -0.4 is 24.4 Å². The molecule has 0 atom stereocenters. The average Bonchev–Trinajstić information content (AvgIpc) is 3.00. The highest BCUT2D eigenvalue weighted by Gasteiger charge is 2.32. The zero-order valence-corrected chi connectivity index (χ0v) is 16.4. The highest BCUT2D eigenvalue weighted by molar-refractivity contribution is 7.80. The monoisotopic (exact) mass is 396 g/mol. The minimum absolute atomic E-state index is 0.235. The van der Waals surface area contributed by atoms with Gasteiger partial charge in [-0.15, -0.1) is 0 Å². The third-order valence-electron chi connectivity index (χ3n) is 4.06. The first-order valence-corrected chi connectivity index (χ1v) is 8.91. The predicted octanol–water partition coefficient (Wildman–Crippen LogP) is 3.53. The molecule has 0 aliphatic carbocycles. The van der Waals surface area contributed by atoms with Crippen molar-refractivity contribution in [2.45, 2.75) is 0 Å². The first kappa shape index (κ1) is 19.4. The van der Waals surface area contributed by atoms with Crippen molar-refractivity contribution < 1.29 is 19.0 Å². The molecule has 1 saturated heterocycles. The number of carbonyl (C=O) groups excluding carboxylic acids is 1. The van der Waals surface area contributed by atoms with E-state index in [-0.39, 0.29) is 5.91 Å². The van der Waals surface area contributed by atoms with Crippen molar-refractivity contribution in [1.29, 1.82) is 0 Å². The van der Waals surface area contributed by atoms with Crippen molar-refractivity contribution in [2.24, 2.45) is 0 Å². The second-order valence-corrected chi connectivity index (χ2v) is 6.22. The molecule has 28 heavy (non-hydrogen) atoms. The molecule has 144 valence electrons. The number of nitrogens with one attached hydrogen (secondary N) is 1. The van der Waals surface area contributed by atoms with Crippen LogP contribution in [0.1, 0.15) is 5.56 Å². The molecule has 2 aromatic rings. The molecule has 1 amide bonds. The highest BCUT2D eigenvalue weighted by Crippen LogP contribution is 2.30. The number of benzene rings is 2. The van der Waals surface area contributed by atoms with E-state index in [4.69, 9.17) is 26.4 Å².